The predicted octanol–water partition coefficient (Wildman–Crippen LogP) is 2.38. The number of rotatable bonds is 7. The summed E-state index contributed by atoms with van der Waals surface area (Å²) in [5.74, 6) is 0.671. The van der Waals surface area contributed by atoms with E-state index in [1.54, 1.807) is 30.5 Å². The van der Waals surface area contributed by atoms with Crippen LogP contribution in [0.4, 0.5) is 0 Å². The van der Waals surface area contributed by atoms with Crippen LogP contribution >= 0.6 is 35.3 Å². The van der Waals surface area contributed by atoms with E-state index in [1.807, 2.05) is 25.3 Å². The van der Waals surface area contributed by atoms with E-state index in [0.717, 1.165) is 23.4 Å². The first kappa shape index (κ1) is 22.1. The lowest BCUT2D eigenvalue weighted by atomic mass is 10.2. The predicted molar refractivity (Wildman–Crippen MR) is 119 cm³/mol. The van der Waals surface area contributed by atoms with Crippen LogP contribution in [0.3, 0.4) is 0 Å². The maximum atomic E-state index is 12.2. The number of nitrogens with one attached hydrogen (secondary N) is 3. The SMILES string of the molecule is CN=C(NCc1ccc(S(=O)(=O)NC2CC2)cc1)NCc1ncc(C)s1.I. The van der Waals surface area contributed by atoms with Crippen LogP contribution in [0.15, 0.2) is 40.4 Å². The molecule has 7 nitrogen and oxygen atoms in total. The lowest BCUT2D eigenvalue weighted by Gasteiger charge is -2.11. The molecule has 0 aliphatic heterocycles. The Bertz CT molecular complexity index is 877. The first-order valence-electron chi connectivity index (χ1n) is 8.43. The summed E-state index contributed by atoms with van der Waals surface area (Å²) in [6.07, 6.45) is 3.70. The fourth-order valence-electron chi connectivity index (χ4n) is 2.32. The number of sulfonamides is 1. The van der Waals surface area contributed by atoms with Gasteiger partial charge < -0.3 is 10.6 Å². The summed E-state index contributed by atoms with van der Waals surface area (Å²) in [6.45, 7) is 3.19. The highest BCUT2D eigenvalue weighted by atomic mass is 127. The smallest absolute Gasteiger partial charge is 0.240 e. The molecule has 1 saturated carbocycles. The maximum absolute atomic E-state index is 12.2. The molecule has 0 saturated heterocycles. The second kappa shape index (κ2) is 9.80. The second-order valence-corrected chi connectivity index (χ2v) is 9.22. The molecule has 3 rings (SSSR count). The Labute approximate surface area is 181 Å². The molecular weight excluding hydrogens is 497 g/mol. The summed E-state index contributed by atoms with van der Waals surface area (Å²) >= 11 is 1.65. The van der Waals surface area contributed by atoms with Crippen LogP contribution in [0, 0.1) is 6.92 Å². The molecule has 1 aromatic heterocycles. The summed E-state index contributed by atoms with van der Waals surface area (Å²) in [5.41, 5.74) is 0.975. The molecule has 0 spiro atoms. The van der Waals surface area contributed by atoms with Gasteiger partial charge in [-0.1, -0.05) is 12.1 Å². The maximum Gasteiger partial charge on any atom is 0.240 e. The second-order valence-electron chi connectivity index (χ2n) is 6.18. The third-order valence-corrected chi connectivity index (χ3v) is 6.34. The molecule has 0 bridgehead atoms. The Morgan fingerprint density at radius 1 is 1.22 bits per heavy atom. The number of hydrogen-bond donors (Lipinski definition) is 3. The van der Waals surface area contributed by atoms with Gasteiger partial charge in [0.2, 0.25) is 10.0 Å². The van der Waals surface area contributed by atoms with Crippen LogP contribution in [0.25, 0.3) is 0 Å². The first-order valence-corrected chi connectivity index (χ1v) is 10.7. The van der Waals surface area contributed by atoms with Crippen molar-refractivity contribution in [3.05, 3.63) is 45.9 Å². The number of aromatic nitrogens is 1. The fraction of sp³-hybridized carbons (Fsp3) is 0.412. The lowest BCUT2D eigenvalue weighted by molar-refractivity contribution is 0.581. The lowest BCUT2D eigenvalue weighted by Crippen LogP contribution is -2.36. The Hall–Kier alpha value is -1.24. The number of benzene rings is 1. The minimum Gasteiger partial charge on any atom is -0.352 e. The van der Waals surface area contributed by atoms with Crippen molar-refractivity contribution in [1.29, 1.82) is 0 Å². The van der Waals surface area contributed by atoms with Gasteiger partial charge >= 0.3 is 0 Å². The van der Waals surface area contributed by atoms with Gasteiger partial charge in [0.15, 0.2) is 5.96 Å². The van der Waals surface area contributed by atoms with Crippen molar-refractivity contribution in [3.63, 3.8) is 0 Å². The molecule has 0 amide bonds. The van der Waals surface area contributed by atoms with E-state index >= 15 is 0 Å². The van der Waals surface area contributed by atoms with Crippen LogP contribution in [0.5, 0.6) is 0 Å². The number of thiazole rings is 1. The molecule has 10 heteroatoms. The Morgan fingerprint density at radius 2 is 1.89 bits per heavy atom. The summed E-state index contributed by atoms with van der Waals surface area (Å²) in [5, 5.41) is 7.43. The largest absolute Gasteiger partial charge is 0.352 e. The monoisotopic (exact) mass is 521 g/mol. The number of aliphatic imine (C=N–C) groups is 1. The normalized spacial score (nSPS) is 14.5. The first-order chi connectivity index (χ1) is 12.5. The van der Waals surface area contributed by atoms with Gasteiger partial charge in [0.1, 0.15) is 5.01 Å². The summed E-state index contributed by atoms with van der Waals surface area (Å²) in [7, 11) is -1.69. The number of guanidine groups is 1. The van der Waals surface area contributed by atoms with Gasteiger partial charge in [0.05, 0.1) is 11.4 Å². The van der Waals surface area contributed by atoms with Crippen LogP contribution in [0.2, 0.25) is 0 Å². The van der Waals surface area contributed by atoms with E-state index < -0.39 is 10.0 Å². The number of aryl methyl sites for hydroxylation is 1. The van der Waals surface area contributed by atoms with Crippen molar-refractivity contribution < 1.29 is 8.42 Å². The highest BCUT2D eigenvalue weighted by Gasteiger charge is 2.27. The quantitative estimate of drug-likeness (QED) is 0.296. The van der Waals surface area contributed by atoms with E-state index in [-0.39, 0.29) is 30.0 Å². The Kier molecular flexibility index (Phi) is 8.01. The molecule has 1 aliphatic rings. The van der Waals surface area contributed by atoms with Crippen molar-refractivity contribution >= 4 is 51.3 Å². The molecule has 3 N–H and O–H groups in total. The van der Waals surface area contributed by atoms with Gasteiger partial charge in [-0.3, -0.25) is 4.99 Å². The molecule has 2 aromatic rings. The standard InChI is InChI=1S/C17H23N5O2S2.HI/c1-12-9-19-16(25-12)11-21-17(18-2)20-10-13-3-7-15(8-4-13)26(23,24)22-14-5-6-14;/h3-4,7-9,14,22H,5-6,10-11H2,1-2H3,(H2,18,20,21);1H. The minimum atomic E-state index is -3.40. The van der Waals surface area contributed by atoms with Crippen molar-refractivity contribution in [2.75, 3.05) is 7.05 Å². The van der Waals surface area contributed by atoms with Crippen molar-refractivity contribution in [3.8, 4) is 0 Å². The number of halogens is 1. The third kappa shape index (κ3) is 6.70. The van der Waals surface area contributed by atoms with Crippen molar-refractivity contribution in [1.82, 2.24) is 20.3 Å². The van der Waals surface area contributed by atoms with E-state index in [0.29, 0.717) is 23.9 Å². The van der Waals surface area contributed by atoms with Crippen molar-refractivity contribution in [2.24, 2.45) is 4.99 Å². The van der Waals surface area contributed by atoms with Crippen LogP contribution in [-0.2, 0) is 23.1 Å². The molecule has 1 heterocycles. The van der Waals surface area contributed by atoms with Gasteiger partial charge in [-0.15, -0.1) is 35.3 Å². The van der Waals surface area contributed by atoms with Crippen molar-refractivity contribution in [2.45, 2.75) is 43.8 Å². The summed E-state index contributed by atoms with van der Waals surface area (Å²) < 4.78 is 27.0. The summed E-state index contributed by atoms with van der Waals surface area (Å²) in [4.78, 5) is 9.97. The molecule has 0 unspecified atom stereocenters. The van der Waals surface area contributed by atoms with Crippen LogP contribution in [0.1, 0.15) is 28.3 Å². The number of hydrogen-bond acceptors (Lipinski definition) is 5. The van der Waals surface area contributed by atoms with Gasteiger partial charge in [0, 0.05) is 30.7 Å². The number of nitrogens with zero attached hydrogens (tertiary/aromatic N) is 2. The van der Waals surface area contributed by atoms with Crippen LogP contribution < -0.4 is 15.4 Å². The molecule has 0 radical (unpaired) electrons. The van der Waals surface area contributed by atoms with Gasteiger partial charge in [0.25, 0.3) is 0 Å². The van der Waals surface area contributed by atoms with Crippen LogP contribution in [-0.4, -0.2) is 32.5 Å². The van der Waals surface area contributed by atoms with Gasteiger partial charge in [-0.05, 0) is 37.5 Å². The molecule has 1 fully saturated rings. The fourth-order valence-corrected chi connectivity index (χ4v) is 4.36. The third-order valence-electron chi connectivity index (χ3n) is 3.89. The van der Waals surface area contributed by atoms with Gasteiger partial charge in [-0.25, -0.2) is 18.1 Å². The highest BCUT2D eigenvalue weighted by molar-refractivity contribution is 14.0. The molecule has 1 aliphatic carbocycles. The molecule has 148 valence electrons. The van der Waals surface area contributed by atoms with E-state index in [9.17, 15) is 8.42 Å². The molecular formula is C17H24IN5O2S2. The van der Waals surface area contributed by atoms with E-state index in [1.165, 1.54) is 4.88 Å². The average molecular weight is 521 g/mol. The van der Waals surface area contributed by atoms with E-state index in [2.05, 4.69) is 25.3 Å². The molecule has 1 aromatic carbocycles. The molecule has 0 atom stereocenters. The Balaban J connectivity index is 0.00000261. The zero-order valence-corrected chi connectivity index (χ0v) is 19.2. The summed E-state index contributed by atoms with van der Waals surface area (Å²) in [6, 6.07) is 7.00. The zero-order chi connectivity index (χ0) is 18.6. The average Bonchev–Trinajstić information content (AvgIpc) is 3.33. The van der Waals surface area contributed by atoms with E-state index in [4.69, 9.17) is 0 Å². The minimum absolute atomic E-state index is 0. The zero-order valence-electron chi connectivity index (χ0n) is 15.2. The molecule has 27 heavy (non-hydrogen) atoms. The topological polar surface area (TPSA) is 95.5 Å². The van der Waals surface area contributed by atoms with Gasteiger partial charge in [-0.2, -0.15) is 0 Å². The Morgan fingerprint density at radius 3 is 2.44 bits per heavy atom. The highest BCUT2D eigenvalue weighted by Crippen LogP contribution is 2.22.